The summed E-state index contributed by atoms with van der Waals surface area (Å²) in [5.74, 6) is -3.30. The number of anilines is 1. The minimum atomic E-state index is -1.44. The molecule has 0 spiro atoms. The van der Waals surface area contributed by atoms with Crippen molar-refractivity contribution in [1.29, 1.82) is 0 Å². The summed E-state index contributed by atoms with van der Waals surface area (Å²) < 4.78 is 65.1. The summed E-state index contributed by atoms with van der Waals surface area (Å²) in [4.78, 5) is 53.9. The van der Waals surface area contributed by atoms with E-state index >= 15 is 9.59 Å². The Morgan fingerprint density at radius 3 is 2.14 bits per heavy atom. The Balaban J connectivity index is 1.25. The third-order valence-electron chi connectivity index (χ3n) is 18.3. The Bertz CT molecular complexity index is 2400. The molecule has 0 amide bonds. The van der Waals surface area contributed by atoms with E-state index < -0.39 is 107 Å². The first-order chi connectivity index (χ1) is 37.8. The highest BCUT2D eigenvalue weighted by molar-refractivity contribution is 8.00. The zero-order valence-corrected chi connectivity index (χ0v) is 52.2. The number of carbonyl (C=O) groups excluding carboxylic acids is 3. The van der Waals surface area contributed by atoms with Crippen molar-refractivity contribution in [1.82, 2.24) is 9.88 Å². The van der Waals surface area contributed by atoms with Crippen molar-refractivity contribution in [3.63, 3.8) is 0 Å². The normalized spacial score (nSPS) is 37.7. The first-order valence-corrected chi connectivity index (χ1v) is 30.6. The second kappa shape index (κ2) is 27.4. The van der Waals surface area contributed by atoms with Crippen LogP contribution in [-0.4, -0.2) is 164 Å². The van der Waals surface area contributed by atoms with Gasteiger partial charge >= 0.3 is 11.9 Å². The van der Waals surface area contributed by atoms with Crippen LogP contribution in [0.1, 0.15) is 133 Å². The topological polar surface area (TPSA) is 183 Å². The number of hydrogen-bond acceptors (Lipinski definition) is 18. The second-order valence-corrected chi connectivity index (χ2v) is 26.2. The number of thioether (sulfide) groups is 1. The number of esters is 2. The van der Waals surface area contributed by atoms with Gasteiger partial charge in [0.15, 0.2) is 29.7 Å². The molecule has 1 aromatic carbocycles. The Labute approximate surface area is 489 Å². The van der Waals surface area contributed by atoms with E-state index in [1.165, 1.54) is 11.8 Å². The number of benzene rings is 1. The van der Waals surface area contributed by atoms with Gasteiger partial charge in [-0.1, -0.05) is 50.9 Å². The summed E-state index contributed by atoms with van der Waals surface area (Å²) in [6.07, 6.45) is 3.20. The van der Waals surface area contributed by atoms with Crippen LogP contribution < -0.4 is 14.4 Å². The second-order valence-electron chi connectivity index (χ2n) is 24.1. The number of hydrogen-bond donors (Lipinski definition) is 1. The molecule has 0 radical (unpaired) electrons. The average Bonchev–Trinajstić information content (AvgIpc) is 4.22. The maximum absolute atomic E-state index is 15.5. The van der Waals surface area contributed by atoms with E-state index in [-0.39, 0.29) is 43.3 Å². The number of rotatable bonds is 18. The number of ether oxygens (including phenoxy) is 10. The molecule has 1 unspecified atom stereocenters. The van der Waals surface area contributed by atoms with Gasteiger partial charge in [0.05, 0.1) is 64.8 Å². The quantitative estimate of drug-likeness (QED) is 0.139. The molecule has 5 aliphatic rings. The molecule has 4 saturated heterocycles. The van der Waals surface area contributed by atoms with Gasteiger partial charge in [-0.05, 0) is 113 Å². The summed E-state index contributed by atoms with van der Waals surface area (Å²) in [5.41, 5.74) is -2.15. The molecule has 1 saturated carbocycles. The fraction of sp³-hybridized carbons (Fsp3) is 0.767. The van der Waals surface area contributed by atoms with Crippen LogP contribution in [0.15, 0.2) is 30.6 Å². The van der Waals surface area contributed by atoms with Crippen molar-refractivity contribution in [2.24, 2.45) is 29.6 Å². The van der Waals surface area contributed by atoms with E-state index in [1.807, 2.05) is 80.8 Å². The zero-order valence-electron chi connectivity index (χ0n) is 49.9. The number of Topliss-reactive ketones (excluding diaryl/α,β-unsaturated/α-hetero) is 1. The molecule has 5 heterocycles. The standard InChI is InChI=1S/C60H91Cl2N3O14S/c1-16-47-60(10)50(53(57(69)79-60)80-24-23-65(32-42-43(61)30-63-31-44(42)62)39-21-22-45(70-13)46(26-39)75-41-19-17-18-20-41)35(4)51(66)33(2)28-59(9,72-15)55(78-48-27-40(64(11)12)25-34(3)73-48)36(5)52(37(6)56(68)76-47)77-49-29-58(8,71-14)54(67)38(7)74-49/h21-22,26,30-31,33-38,40-41,47-50,52-55,67H,16-20,23-25,27-29,32H2,1-15H3/t33-,34-,35-,36+,37-,38+,40+,47-,48?,49+,50+,52+,53+,54+,55-,58-,59-,60-/m1/s1. The Morgan fingerprint density at radius 2 is 1.51 bits per heavy atom. The highest BCUT2D eigenvalue weighted by Gasteiger charge is 2.62. The van der Waals surface area contributed by atoms with Gasteiger partial charge in [0.1, 0.15) is 23.2 Å². The van der Waals surface area contributed by atoms with Crippen LogP contribution in [0.5, 0.6) is 11.5 Å². The van der Waals surface area contributed by atoms with E-state index in [4.69, 9.17) is 70.6 Å². The molecule has 4 aliphatic heterocycles. The number of methoxy groups -OCH3 is 3. The summed E-state index contributed by atoms with van der Waals surface area (Å²) in [6.45, 7) is 19.4. The minimum absolute atomic E-state index is 0.0768. The largest absolute Gasteiger partial charge is 0.493 e. The molecule has 450 valence electrons. The third kappa shape index (κ3) is 14.2. The Morgan fingerprint density at radius 1 is 0.838 bits per heavy atom. The monoisotopic (exact) mass is 1180 g/mol. The van der Waals surface area contributed by atoms with Crippen LogP contribution in [0.25, 0.3) is 0 Å². The molecule has 80 heavy (non-hydrogen) atoms. The van der Waals surface area contributed by atoms with Crippen molar-refractivity contribution >= 4 is 58.4 Å². The lowest BCUT2D eigenvalue weighted by atomic mass is 9.70. The number of nitrogens with zero attached hydrogens (tertiary/aromatic N) is 3. The third-order valence-corrected chi connectivity index (χ3v) is 20.2. The molecule has 1 N–H and O–H groups in total. The number of halogens is 2. The van der Waals surface area contributed by atoms with Gasteiger partial charge in [0.2, 0.25) is 0 Å². The lowest BCUT2D eigenvalue weighted by molar-refractivity contribution is -0.309. The Hall–Kier alpha value is -3.01. The molecule has 2 aromatic rings. The van der Waals surface area contributed by atoms with E-state index in [0.29, 0.717) is 52.4 Å². The van der Waals surface area contributed by atoms with Gasteiger partial charge in [-0.25, -0.2) is 0 Å². The summed E-state index contributed by atoms with van der Waals surface area (Å²) >= 11 is 14.9. The fourth-order valence-corrected chi connectivity index (χ4v) is 15.3. The number of fused-ring (bicyclic) bond motifs is 1. The maximum atomic E-state index is 15.5. The lowest BCUT2D eigenvalue weighted by Crippen LogP contribution is -2.59. The first kappa shape index (κ1) is 64.5. The molecule has 0 bridgehead atoms. The molecular weight excluding hydrogens is 1090 g/mol. The molecule has 1 aromatic heterocycles. The van der Waals surface area contributed by atoms with Gasteiger partial charge in [-0.15, -0.1) is 11.8 Å². The molecular formula is C60H91Cl2N3O14S. The lowest BCUT2D eigenvalue weighted by Gasteiger charge is -2.49. The van der Waals surface area contributed by atoms with E-state index in [0.717, 1.165) is 37.8 Å². The minimum Gasteiger partial charge on any atom is -0.493 e. The van der Waals surface area contributed by atoms with Crippen LogP contribution in [0.2, 0.25) is 10.0 Å². The summed E-state index contributed by atoms with van der Waals surface area (Å²) in [6, 6.07) is 5.98. The molecule has 17 nitrogen and oxygen atoms in total. The van der Waals surface area contributed by atoms with Gasteiger partial charge < -0.3 is 62.3 Å². The predicted octanol–water partition coefficient (Wildman–Crippen LogP) is 10.1. The van der Waals surface area contributed by atoms with Crippen molar-refractivity contribution in [2.45, 2.75) is 217 Å². The van der Waals surface area contributed by atoms with Crippen LogP contribution >= 0.6 is 35.0 Å². The van der Waals surface area contributed by atoms with Crippen LogP contribution in [0.3, 0.4) is 0 Å². The number of aliphatic hydroxyl groups excluding tert-OH is 1. The summed E-state index contributed by atoms with van der Waals surface area (Å²) in [5, 5.41) is 11.2. The maximum Gasteiger partial charge on any atom is 0.320 e. The van der Waals surface area contributed by atoms with Gasteiger partial charge in [-0.2, -0.15) is 0 Å². The SMILES string of the molecule is CC[C@H]1OC(=O)[C@H](C)[C@@H](O[C@H]2C[C@@](C)(OC)[C@@H](O)[C@H](C)O2)[C@H](C)[C@@H](OC2C[C@@H](N(C)C)C[C@@H](C)O2)[C@](C)(OC)C[C@@H](C)C(=O)[C@H](C)[C@H]2[C@H](SCCN(Cc3c(Cl)cncc3Cl)c3ccc(OC)c(OC4CCCC4)c3)C(=O)O[C@@]21C. The molecule has 20 heteroatoms. The summed E-state index contributed by atoms with van der Waals surface area (Å²) in [7, 11) is 8.86. The van der Waals surface area contributed by atoms with Gasteiger partial charge in [-0.3, -0.25) is 19.4 Å². The molecule has 1 aliphatic carbocycles. The highest BCUT2D eigenvalue weighted by atomic mass is 35.5. The van der Waals surface area contributed by atoms with Crippen molar-refractivity contribution < 1.29 is 66.9 Å². The van der Waals surface area contributed by atoms with Crippen LogP contribution in [0.4, 0.5) is 5.69 Å². The number of ketones is 1. The van der Waals surface area contributed by atoms with Gasteiger partial charge in [0, 0.05) is 105 Å². The fourth-order valence-electron chi connectivity index (χ4n) is 13.4. The average molecular weight is 1180 g/mol. The number of pyridine rings is 1. The van der Waals surface area contributed by atoms with Crippen molar-refractivity contribution in [3.8, 4) is 11.5 Å². The van der Waals surface area contributed by atoms with E-state index in [1.54, 1.807) is 54.5 Å². The van der Waals surface area contributed by atoms with Crippen LogP contribution in [-0.2, 0) is 58.8 Å². The zero-order chi connectivity index (χ0) is 58.6. The highest BCUT2D eigenvalue weighted by Crippen LogP contribution is 2.50. The van der Waals surface area contributed by atoms with Crippen molar-refractivity contribution in [3.05, 3.63) is 46.2 Å². The molecule has 5 fully saturated rings. The molecule has 7 rings (SSSR count). The number of aliphatic hydroxyl groups is 1. The van der Waals surface area contributed by atoms with Gasteiger partial charge in [0.25, 0.3) is 0 Å². The first-order valence-electron chi connectivity index (χ1n) is 28.8. The predicted molar refractivity (Wildman–Crippen MR) is 308 cm³/mol. The smallest absolute Gasteiger partial charge is 0.320 e. The Kier molecular flexibility index (Phi) is 22.1. The van der Waals surface area contributed by atoms with E-state index in [2.05, 4.69) is 14.8 Å². The molecule has 18 atom stereocenters. The van der Waals surface area contributed by atoms with Crippen molar-refractivity contribution in [2.75, 3.05) is 52.6 Å². The number of cyclic esters (lactones) is 1. The van der Waals surface area contributed by atoms with E-state index in [9.17, 15) is 9.90 Å². The number of aromatic nitrogens is 1. The number of carbonyl (C=O) groups is 3. The van der Waals surface area contributed by atoms with Crippen LogP contribution in [0, 0.1) is 29.6 Å².